The third-order valence-electron chi connectivity index (χ3n) is 3.21. The molecule has 2 aromatic rings. The number of hydrogen-bond donors (Lipinski definition) is 1. The Bertz CT molecular complexity index is 572. The Hall–Kier alpha value is -1.84. The zero-order chi connectivity index (χ0) is 13.8. The number of aromatic nitrogens is 2. The molecule has 1 N–H and O–H groups in total. The first kappa shape index (κ1) is 13.6. The number of nitrogens with zero attached hydrogens (tertiary/aromatic N) is 2. The predicted molar refractivity (Wildman–Crippen MR) is 77.4 cm³/mol. The van der Waals surface area contributed by atoms with Crippen molar-refractivity contribution < 1.29 is 4.79 Å². The van der Waals surface area contributed by atoms with Gasteiger partial charge in [-0.25, -0.2) is 4.98 Å². The van der Waals surface area contributed by atoms with Crippen molar-refractivity contribution in [3.8, 4) is 0 Å². The molecule has 0 saturated carbocycles. The smallest absolute Gasteiger partial charge is 0.251 e. The summed E-state index contributed by atoms with van der Waals surface area (Å²) in [6, 6.07) is 6.06. The molecule has 102 valence electrons. The maximum Gasteiger partial charge on any atom is 0.251 e. The SMILES string of the molecule is CCCCNC(=O)c1ccc2c(c1)ncn2C(C)C. The van der Waals surface area contributed by atoms with E-state index in [1.807, 2.05) is 24.5 Å². The first-order chi connectivity index (χ1) is 9.13. The van der Waals surface area contributed by atoms with Crippen LogP contribution in [0.3, 0.4) is 0 Å². The van der Waals surface area contributed by atoms with E-state index in [1.165, 1.54) is 0 Å². The van der Waals surface area contributed by atoms with E-state index >= 15 is 0 Å². The second kappa shape index (κ2) is 5.87. The van der Waals surface area contributed by atoms with Crippen LogP contribution >= 0.6 is 0 Å². The molecule has 19 heavy (non-hydrogen) atoms. The molecule has 0 spiro atoms. The van der Waals surface area contributed by atoms with E-state index in [2.05, 4.69) is 35.6 Å². The molecule has 0 bridgehead atoms. The maximum atomic E-state index is 12.0. The van der Waals surface area contributed by atoms with Crippen molar-refractivity contribution in [3.63, 3.8) is 0 Å². The Morgan fingerprint density at radius 1 is 1.42 bits per heavy atom. The standard InChI is InChI=1S/C15H21N3O/c1-4-5-8-16-15(19)12-6-7-14-13(9-12)17-10-18(14)11(2)3/h6-7,9-11H,4-5,8H2,1-3H3,(H,16,19). The number of carbonyl (C=O) groups excluding carboxylic acids is 1. The van der Waals surface area contributed by atoms with Gasteiger partial charge in [0.1, 0.15) is 0 Å². The lowest BCUT2D eigenvalue weighted by Crippen LogP contribution is -2.24. The summed E-state index contributed by atoms with van der Waals surface area (Å²) in [5, 5.41) is 2.92. The van der Waals surface area contributed by atoms with Crippen molar-refractivity contribution in [3.05, 3.63) is 30.1 Å². The number of rotatable bonds is 5. The fourth-order valence-electron chi connectivity index (χ4n) is 2.07. The van der Waals surface area contributed by atoms with Crippen LogP contribution in [0.15, 0.2) is 24.5 Å². The minimum absolute atomic E-state index is 0.0190. The van der Waals surface area contributed by atoms with E-state index in [0.29, 0.717) is 11.6 Å². The van der Waals surface area contributed by atoms with Gasteiger partial charge in [0.25, 0.3) is 5.91 Å². The number of carbonyl (C=O) groups is 1. The normalized spacial score (nSPS) is 11.2. The Morgan fingerprint density at radius 3 is 2.89 bits per heavy atom. The molecule has 1 amide bonds. The highest BCUT2D eigenvalue weighted by Crippen LogP contribution is 2.18. The fourth-order valence-corrected chi connectivity index (χ4v) is 2.07. The van der Waals surface area contributed by atoms with E-state index in [0.717, 1.165) is 30.4 Å². The van der Waals surface area contributed by atoms with E-state index < -0.39 is 0 Å². The van der Waals surface area contributed by atoms with Gasteiger partial charge in [-0.2, -0.15) is 0 Å². The summed E-state index contributed by atoms with van der Waals surface area (Å²) in [7, 11) is 0. The molecule has 2 rings (SSSR count). The summed E-state index contributed by atoms with van der Waals surface area (Å²) < 4.78 is 2.11. The molecular formula is C15H21N3O. The lowest BCUT2D eigenvalue weighted by Gasteiger charge is -2.08. The van der Waals surface area contributed by atoms with Crippen LogP contribution in [0.25, 0.3) is 11.0 Å². The van der Waals surface area contributed by atoms with Crippen LogP contribution in [0.5, 0.6) is 0 Å². The third kappa shape index (κ3) is 2.95. The van der Waals surface area contributed by atoms with Crippen LogP contribution in [-0.2, 0) is 0 Å². The molecule has 1 heterocycles. The largest absolute Gasteiger partial charge is 0.352 e. The second-order valence-corrected chi connectivity index (χ2v) is 5.06. The summed E-state index contributed by atoms with van der Waals surface area (Å²) in [6.07, 6.45) is 3.92. The number of imidazole rings is 1. The summed E-state index contributed by atoms with van der Waals surface area (Å²) in [5.41, 5.74) is 2.62. The van der Waals surface area contributed by atoms with Crippen LogP contribution in [0.2, 0.25) is 0 Å². The van der Waals surface area contributed by atoms with Crippen molar-refractivity contribution in [1.29, 1.82) is 0 Å². The highest BCUT2D eigenvalue weighted by molar-refractivity contribution is 5.97. The number of amides is 1. The van der Waals surface area contributed by atoms with Crippen LogP contribution < -0.4 is 5.32 Å². The van der Waals surface area contributed by atoms with Gasteiger partial charge in [-0.3, -0.25) is 4.79 Å². The topological polar surface area (TPSA) is 46.9 Å². The lowest BCUT2D eigenvalue weighted by molar-refractivity contribution is 0.0953. The van der Waals surface area contributed by atoms with Crippen molar-refractivity contribution in [1.82, 2.24) is 14.9 Å². The molecule has 0 atom stereocenters. The summed E-state index contributed by atoms with van der Waals surface area (Å²) in [4.78, 5) is 16.3. The predicted octanol–water partition coefficient (Wildman–Crippen LogP) is 3.15. The molecule has 0 unspecified atom stereocenters. The zero-order valence-corrected chi connectivity index (χ0v) is 11.8. The van der Waals surface area contributed by atoms with Gasteiger partial charge in [0, 0.05) is 18.2 Å². The average Bonchev–Trinajstić information content (AvgIpc) is 2.81. The number of fused-ring (bicyclic) bond motifs is 1. The average molecular weight is 259 g/mol. The molecule has 4 nitrogen and oxygen atoms in total. The monoisotopic (exact) mass is 259 g/mol. The van der Waals surface area contributed by atoms with Gasteiger partial charge < -0.3 is 9.88 Å². The Labute approximate surface area is 113 Å². The summed E-state index contributed by atoms with van der Waals surface area (Å²) >= 11 is 0. The van der Waals surface area contributed by atoms with E-state index in [4.69, 9.17) is 0 Å². The highest BCUT2D eigenvalue weighted by Gasteiger charge is 2.09. The van der Waals surface area contributed by atoms with Crippen molar-refractivity contribution in [2.45, 2.75) is 39.7 Å². The van der Waals surface area contributed by atoms with E-state index in [1.54, 1.807) is 0 Å². The molecule has 0 radical (unpaired) electrons. The van der Waals surface area contributed by atoms with Crippen LogP contribution in [0.1, 0.15) is 50.0 Å². The minimum atomic E-state index is -0.0190. The quantitative estimate of drug-likeness (QED) is 0.838. The molecule has 4 heteroatoms. The Kier molecular flexibility index (Phi) is 4.20. The number of nitrogens with one attached hydrogen (secondary N) is 1. The van der Waals surface area contributed by atoms with Gasteiger partial charge in [0.15, 0.2) is 0 Å². The van der Waals surface area contributed by atoms with Gasteiger partial charge in [0.2, 0.25) is 0 Å². The summed E-state index contributed by atoms with van der Waals surface area (Å²) in [5.74, 6) is -0.0190. The first-order valence-corrected chi connectivity index (χ1v) is 6.88. The Morgan fingerprint density at radius 2 is 2.21 bits per heavy atom. The number of hydrogen-bond acceptors (Lipinski definition) is 2. The van der Waals surface area contributed by atoms with Crippen molar-refractivity contribution in [2.24, 2.45) is 0 Å². The number of benzene rings is 1. The van der Waals surface area contributed by atoms with Crippen LogP contribution in [0.4, 0.5) is 0 Å². The molecule has 0 fully saturated rings. The fraction of sp³-hybridized carbons (Fsp3) is 0.467. The van der Waals surface area contributed by atoms with Gasteiger partial charge >= 0.3 is 0 Å². The molecule has 0 aliphatic rings. The maximum absolute atomic E-state index is 12.0. The van der Waals surface area contributed by atoms with Gasteiger partial charge in [-0.05, 0) is 38.5 Å². The summed E-state index contributed by atoms with van der Waals surface area (Å²) in [6.45, 7) is 7.07. The number of unbranched alkanes of at least 4 members (excludes halogenated alkanes) is 1. The molecule has 0 aliphatic carbocycles. The Balaban J connectivity index is 2.20. The molecule has 1 aromatic heterocycles. The zero-order valence-electron chi connectivity index (χ0n) is 11.8. The lowest BCUT2D eigenvalue weighted by atomic mass is 10.2. The van der Waals surface area contributed by atoms with E-state index in [9.17, 15) is 4.79 Å². The van der Waals surface area contributed by atoms with E-state index in [-0.39, 0.29) is 5.91 Å². The second-order valence-electron chi connectivity index (χ2n) is 5.06. The van der Waals surface area contributed by atoms with Crippen LogP contribution in [0, 0.1) is 0 Å². The van der Waals surface area contributed by atoms with Crippen LogP contribution in [-0.4, -0.2) is 22.0 Å². The molecule has 0 aliphatic heterocycles. The highest BCUT2D eigenvalue weighted by atomic mass is 16.1. The third-order valence-corrected chi connectivity index (χ3v) is 3.21. The minimum Gasteiger partial charge on any atom is -0.352 e. The first-order valence-electron chi connectivity index (χ1n) is 6.88. The molecule has 0 saturated heterocycles. The van der Waals surface area contributed by atoms with Gasteiger partial charge in [-0.1, -0.05) is 13.3 Å². The molecule has 1 aromatic carbocycles. The molecular weight excluding hydrogens is 238 g/mol. The van der Waals surface area contributed by atoms with Gasteiger partial charge in [0.05, 0.1) is 17.4 Å². The van der Waals surface area contributed by atoms with Crippen molar-refractivity contribution in [2.75, 3.05) is 6.54 Å². The van der Waals surface area contributed by atoms with Gasteiger partial charge in [-0.15, -0.1) is 0 Å². The van der Waals surface area contributed by atoms with Crippen molar-refractivity contribution >= 4 is 16.9 Å².